The van der Waals surface area contributed by atoms with Crippen LogP contribution in [0.25, 0.3) is 0 Å². The number of rotatable bonds is 3. The van der Waals surface area contributed by atoms with Crippen molar-refractivity contribution in [2.75, 3.05) is 7.11 Å². The third-order valence-electron chi connectivity index (χ3n) is 1.70. The zero-order valence-electron chi connectivity index (χ0n) is 7.58. The summed E-state index contributed by atoms with van der Waals surface area (Å²) >= 11 is 0. The molecule has 0 aliphatic rings. The van der Waals surface area contributed by atoms with Crippen molar-refractivity contribution < 1.29 is 23.4 Å². The molecule has 2 N–H and O–H groups in total. The number of H-pyrrole nitrogens is 1. The average molecular weight is 219 g/mol. The number of aromatic carboxylic acids is 1. The van der Waals surface area contributed by atoms with Crippen molar-refractivity contribution in [2.24, 2.45) is 0 Å². The average Bonchev–Trinajstić information content (AvgIpc) is 2.15. The highest BCUT2D eigenvalue weighted by molar-refractivity contribution is 5.88. The molecule has 15 heavy (non-hydrogen) atoms. The zero-order valence-corrected chi connectivity index (χ0v) is 7.58. The number of hydrogen-bond acceptors (Lipinski definition) is 3. The summed E-state index contributed by atoms with van der Waals surface area (Å²) in [7, 11) is 1.08. The van der Waals surface area contributed by atoms with E-state index in [-0.39, 0.29) is 0 Å². The lowest BCUT2D eigenvalue weighted by Crippen LogP contribution is -2.16. The summed E-state index contributed by atoms with van der Waals surface area (Å²) in [6.45, 7) is 0. The first-order valence-corrected chi connectivity index (χ1v) is 3.80. The number of aromatic amines is 1. The Morgan fingerprint density at radius 3 is 2.60 bits per heavy atom. The number of carboxylic acid groups (broad SMARTS) is 1. The van der Waals surface area contributed by atoms with Crippen molar-refractivity contribution >= 4 is 5.97 Å². The number of methoxy groups -OCH3 is 1. The molecule has 0 atom stereocenters. The van der Waals surface area contributed by atoms with E-state index in [1.165, 1.54) is 0 Å². The van der Waals surface area contributed by atoms with Gasteiger partial charge in [0.05, 0.1) is 12.7 Å². The quantitative estimate of drug-likeness (QED) is 0.795. The summed E-state index contributed by atoms with van der Waals surface area (Å²) in [5, 5.41) is 8.60. The highest BCUT2D eigenvalue weighted by Crippen LogP contribution is 2.29. The molecule has 0 saturated heterocycles. The third kappa shape index (κ3) is 2.12. The van der Waals surface area contributed by atoms with Crippen LogP contribution < -0.4 is 10.3 Å². The van der Waals surface area contributed by atoms with Gasteiger partial charge in [-0.15, -0.1) is 0 Å². The fourth-order valence-corrected chi connectivity index (χ4v) is 1.10. The predicted octanol–water partition coefficient (Wildman–Crippen LogP) is 1.02. The van der Waals surface area contributed by atoms with Crippen LogP contribution in [0.15, 0.2) is 10.9 Å². The summed E-state index contributed by atoms with van der Waals surface area (Å²) in [6, 6.07) is 0.772. The summed E-state index contributed by atoms with van der Waals surface area (Å²) in [5.74, 6) is -2.08. The van der Waals surface area contributed by atoms with Crippen LogP contribution in [0.1, 0.15) is 22.5 Å². The van der Waals surface area contributed by atoms with Crippen molar-refractivity contribution in [1.82, 2.24) is 4.98 Å². The maximum Gasteiger partial charge on any atom is 0.353 e. The second-order valence-corrected chi connectivity index (χ2v) is 2.60. The van der Waals surface area contributed by atoms with Gasteiger partial charge in [-0.1, -0.05) is 0 Å². The van der Waals surface area contributed by atoms with Crippen LogP contribution in [0.5, 0.6) is 5.75 Å². The first kappa shape index (κ1) is 11.2. The number of hydrogen-bond donors (Lipinski definition) is 2. The highest BCUT2D eigenvalue weighted by Gasteiger charge is 2.24. The number of halogens is 2. The minimum atomic E-state index is -3.04. The van der Waals surface area contributed by atoms with Crippen molar-refractivity contribution in [3.8, 4) is 5.75 Å². The van der Waals surface area contributed by atoms with E-state index in [1.807, 2.05) is 4.98 Å². The topological polar surface area (TPSA) is 79.4 Å². The standard InChI is InChI=1S/C8H7F2NO4/c1-15-3-2-4(12)11-6(8(13)14)5(3)7(9)10/h2,7H,1H3,(H,11,12)(H,13,14). The number of ether oxygens (including phenoxy) is 1. The molecule has 0 aromatic carbocycles. The van der Waals surface area contributed by atoms with Gasteiger partial charge < -0.3 is 14.8 Å². The maximum absolute atomic E-state index is 12.5. The van der Waals surface area contributed by atoms with Crippen molar-refractivity contribution in [1.29, 1.82) is 0 Å². The van der Waals surface area contributed by atoms with E-state index in [4.69, 9.17) is 5.11 Å². The highest BCUT2D eigenvalue weighted by atomic mass is 19.3. The van der Waals surface area contributed by atoms with Crippen molar-refractivity contribution in [3.63, 3.8) is 0 Å². The van der Waals surface area contributed by atoms with Gasteiger partial charge in [0.1, 0.15) is 11.4 Å². The smallest absolute Gasteiger partial charge is 0.353 e. The van der Waals surface area contributed by atoms with E-state index >= 15 is 0 Å². The normalized spacial score (nSPS) is 10.4. The van der Waals surface area contributed by atoms with Gasteiger partial charge in [-0.05, 0) is 0 Å². The van der Waals surface area contributed by atoms with Gasteiger partial charge in [0, 0.05) is 6.07 Å². The Balaban J connectivity index is 3.54. The largest absolute Gasteiger partial charge is 0.496 e. The second kappa shape index (κ2) is 4.07. The van der Waals surface area contributed by atoms with Crippen LogP contribution in [0.3, 0.4) is 0 Å². The first-order chi connectivity index (χ1) is 6.97. The Morgan fingerprint density at radius 2 is 2.20 bits per heavy atom. The predicted molar refractivity (Wildman–Crippen MR) is 45.5 cm³/mol. The SMILES string of the molecule is COc1cc(=O)[nH]c(C(=O)O)c1C(F)F. The minimum Gasteiger partial charge on any atom is -0.496 e. The molecule has 1 heterocycles. The number of pyridine rings is 1. The third-order valence-corrected chi connectivity index (χ3v) is 1.70. The molecule has 0 amide bonds. The number of carbonyl (C=O) groups is 1. The summed E-state index contributed by atoms with van der Waals surface area (Å²) in [5.41, 5.74) is -2.49. The lowest BCUT2D eigenvalue weighted by atomic mass is 10.2. The molecule has 0 radical (unpaired) electrons. The van der Waals surface area contributed by atoms with E-state index in [0.717, 1.165) is 13.2 Å². The fraction of sp³-hybridized carbons (Fsp3) is 0.250. The van der Waals surface area contributed by atoms with E-state index in [9.17, 15) is 18.4 Å². The van der Waals surface area contributed by atoms with Gasteiger partial charge in [0.15, 0.2) is 0 Å². The number of carboxylic acids is 1. The maximum atomic E-state index is 12.5. The Hall–Kier alpha value is -1.92. The fourth-order valence-electron chi connectivity index (χ4n) is 1.10. The Kier molecular flexibility index (Phi) is 3.03. The van der Waals surface area contributed by atoms with Gasteiger partial charge in [0.25, 0.3) is 12.0 Å². The van der Waals surface area contributed by atoms with Crippen LogP contribution in [-0.4, -0.2) is 23.2 Å². The Morgan fingerprint density at radius 1 is 1.60 bits per heavy atom. The summed E-state index contributed by atoms with van der Waals surface area (Å²) in [4.78, 5) is 23.3. The molecule has 0 bridgehead atoms. The Bertz CT molecular complexity index is 441. The molecule has 82 valence electrons. The monoisotopic (exact) mass is 219 g/mol. The molecular formula is C8H7F2NO4. The number of alkyl halides is 2. The lowest BCUT2D eigenvalue weighted by molar-refractivity contribution is 0.0674. The van der Waals surface area contributed by atoms with Gasteiger partial charge in [-0.25, -0.2) is 13.6 Å². The molecule has 1 aromatic rings. The molecule has 0 aliphatic heterocycles. The van der Waals surface area contributed by atoms with Gasteiger partial charge in [0.2, 0.25) is 0 Å². The minimum absolute atomic E-state index is 0.439. The second-order valence-electron chi connectivity index (χ2n) is 2.60. The number of aromatic nitrogens is 1. The van der Waals surface area contributed by atoms with E-state index in [0.29, 0.717) is 0 Å². The summed E-state index contributed by atoms with van der Waals surface area (Å²) < 4.78 is 29.5. The number of nitrogens with one attached hydrogen (secondary N) is 1. The van der Waals surface area contributed by atoms with E-state index in [1.54, 1.807) is 0 Å². The molecule has 0 fully saturated rings. The molecule has 0 aliphatic carbocycles. The van der Waals surface area contributed by atoms with E-state index in [2.05, 4.69) is 4.74 Å². The van der Waals surface area contributed by atoms with Crippen LogP contribution >= 0.6 is 0 Å². The summed E-state index contributed by atoms with van der Waals surface area (Å²) in [6.07, 6.45) is -3.04. The van der Waals surface area contributed by atoms with Crippen LogP contribution in [0.2, 0.25) is 0 Å². The van der Waals surface area contributed by atoms with Crippen LogP contribution in [0.4, 0.5) is 8.78 Å². The van der Waals surface area contributed by atoms with Crippen LogP contribution in [-0.2, 0) is 0 Å². The van der Waals surface area contributed by atoms with Crippen molar-refractivity contribution in [2.45, 2.75) is 6.43 Å². The molecule has 5 nitrogen and oxygen atoms in total. The van der Waals surface area contributed by atoms with Crippen molar-refractivity contribution in [3.05, 3.63) is 27.7 Å². The molecule has 1 aromatic heterocycles. The first-order valence-electron chi connectivity index (χ1n) is 3.80. The van der Waals surface area contributed by atoms with E-state index < -0.39 is 35.0 Å². The molecule has 1 rings (SSSR count). The molecule has 0 spiro atoms. The molecule has 7 heteroatoms. The van der Waals surface area contributed by atoms with Gasteiger partial charge >= 0.3 is 5.97 Å². The molecule has 0 saturated carbocycles. The molecular weight excluding hydrogens is 212 g/mol. The van der Waals surface area contributed by atoms with Gasteiger partial charge in [-0.3, -0.25) is 4.79 Å². The lowest BCUT2D eigenvalue weighted by Gasteiger charge is -2.09. The molecule has 0 unspecified atom stereocenters. The van der Waals surface area contributed by atoms with Gasteiger partial charge in [-0.2, -0.15) is 0 Å². The Labute approximate surface area is 82.3 Å². The van der Waals surface area contributed by atoms with Crippen LogP contribution in [0, 0.1) is 0 Å². The zero-order chi connectivity index (χ0) is 11.6.